The van der Waals surface area contributed by atoms with Crippen LogP contribution in [0.4, 0.5) is 4.79 Å². The van der Waals surface area contributed by atoms with E-state index in [9.17, 15) is 18.0 Å². The molecule has 6 unspecified atom stereocenters. The van der Waals surface area contributed by atoms with Gasteiger partial charge in [-0.3, -0.25) is 14.3 Å². The number of allylic oxidation sites excluding steroid dienone is 1. The Morgan fingerprint density at radius 3 is 2.46 bits per heavy atom. The second kappa shape index (κ2) is 15.7. The Bertz CT molecular complexity index is 1480. The predicted molar refractivity (Wildman–Crippen MR) is 180 cm³/mol. The zero-order valence-corrected chi connectivity index (χ0v) is 29.4. The standard InChI is InChI=1S/C34H44ClNO8S2/c1-23(2)11-16-28-33(4,43-28)31-30(41-5)27(42-32(38)36-29(37)21-35)17-19-34(31,22-45-20-18-25-9-7-6-8-10-25)44-46(39,40)26-14-12-24(3)13-15-26/h6-15,27-28,30-31H,16-22H2,1-5H3,(H,36,37,38). The molecule has 9 nitrogen and oxygen atoms in total. The molecule has 1 aliphatic carbocycles. The lowest BCUT2D eigenvalue weighted by atomic mass is 9.66. The molecule has 1 saturated heterocycles. The monoisotopic (exact) mass is 693 g/mol. The summed E-state index contributed by atoms with van der Waals surface area (Å²) in [6, 6.07) is 16.6. The summed E-state index contributed by atoms with van der Waals surface area (Å²) in [6.45, 7) is 7.84. The number of halogens is 1. The number of ether oxygens (including phenoxy) is 3. The number of amides is 2. The summed E-state index contributed by atoms with van der Waals surface area (Å²) in [4.78, 5) is 24.5. The number of nitrogens with one attached hydrogen (secondary N) is 1. The van der Waals surface area contributed by atoms with E-state index in [0.29, 0.717) is 12.2 Å². The first-order chi connectivity index (χ1) is 21.8. The molecular formula is C34H44ClNO8S2. The van der Waals surface area contributed by atoms with Crippen molar-refractivity contribution in [1.29, 1.82) is 0 Å². The lowest BCUT2D eigenvalue weighted by molar-refractivity contribution is -0.159. The molecule has 1 aliphatic heterocycles. The van der Waals surface area contributed by atoms with Crippen molar-refractivity contribution in [3.63, 3.8) is 0 Å². The topological polar surface area (TPSA) is 121 Å². The molecule has 2 aliphatic rings. The van der Waals surface area contributed by atoms with E-state index in [1.807, 2.05) is 45.9 Å². The summed E-state index contributed by atoms with van der Waals surface area (Å²) in [5.74, 6) is -0.703. The summed E-state index contributed by atoms with van der Waals surface area (Å²) in [7, 11) is -2.74. The summed E-state index contributed by atoms with van der Waals surface area (Å²) in [5, 5.41) is 2.12. The van der Waals surface area contributed by atoms with Gasteiger partial charge in [0.2, 0.25) is 5.91 Å². The molecular weight excluding hydrogens is 650 g/mol. The molecule has 0 bridgehead atoms. The van der Waals surface area contributed by atoms with Gasteiger partial charge in [0.25, 0.3) is 10.1 Å². The third-order valence-corrected chi connectivity index (χ3v) is 11.5. The highest BCUT2D eigenvalue weighted by Crippen LogP contribution is 2.57. The van der Waals surface area contributed by atoms with Crippen molar-refractivity contribution in [3.8, 4) is 0 Å². The Morgan fingerprint density at radius 1 is 1.13 bits per heavy atom. The van der Waals surface area contributed by atoms with Gasteiger partial charge in [-0.2, -0.15) is 20.2 Å². The molecule has 0 spiro atoms. The number of epoxide rings is 1. The number of methoxy groups -OCH3 is 1. The van der Waals surface area contributed by atoms with E-state index in [2.05, 4.69) is 23.5 Å². The molecule has 1 heterocycles. The van der Waals surface area contributed by atoms with Crippen molar-refractivity contribution in [3.05, 3.63) is 77.4 Å². The number of hydrogen-bond donors (Lipinski definition) is 1. The summed E-state index contributed by atoms with van der Waals surface area (Å²) < 4.78 is 52.6. The number of aryl methyl sites for hydroxylation is 2. The molecule has 2 fully saturated rings. The maximum Gasteiger partial charge on any atom is 0.414 e. The first-order valence-corrected chi connectivity index (χ1v) is 18.5. The zero-order chi connectivity index (χ0) is 33.5. The first kappa shape index (κ1) is 36.4. The second-order valence-corrected chi connectivity index (χ2v) is 15.3. The minimum atomic E-state index is -4.24. The molecule has 252 valence electrons. The maximum atomic E-state index is 14.0. The highest BCUT2D eigenvalue weighted by molar-refractivity contribution is 7.99. The number of thioether (sulfide) groups is 1. The summed E-state index contributed by atoms with van der Waals surface area (Å²) in [5.41, 5.74) is 1.10. The molecule has 1 saturated carbocycles. The summed E-state index contributed by atoms with van der Waals surface area (Å²) >= 11 is 7.18. The van der Waals surface area contributed by atoms with E-state index >= 15 is 0 Å². The van der Waals surface area contributed by atoms with Crippen molar-refractivity contribution in [2.45, 2.75) is 87.8 Å². The molecule has 4 rings (SSSR count). The van der Waals surface area contributed by atoms with E-state index in [4.69, 9.17) is 30.0 Å². The Morgan fingerprint density at radius 2 is 1.83 bits per heavy atom. The van der Waals surface area contributed by atoms with Crippen LogP contribution in [0.1, 0.15) is 51.2 Å². The zero-order valence-electron chi connectivity index (χ0n) is 27.0. The molecule has 0 radical (unpaired) electrons. The van der Waals surface area contributed by atoms with E-state index in [-0.39, 0.29) is 23.8 Å². The van der Waals surface area contributed by atoms with Crippen LogP contribution in [0.25, 0.3) is 0 Å². The lowest BCUT2D eigenvalue weighted by Crippen LogP contribution is -2.63. The van der Waals surface area contributed by atoms with Crippen molar-refractivity contribution in [2.24, 2.45) is 5.92 Å². The predicted octanol–water partition coefficient (Wildman–Crippen LogP) is 6.21. The van der Waals surface area contributed by atoms with Crippen molar-refractivity contribution in [2.75, 3.05) is 24.5 Å². The molecule has 1 N–H and O–H groups in total. The van der Waals surface area contributed by atoms with Crippen molar-refractivity contribution in [1.82, 2.24) is 5.32 Å². The Labute approximate surface area is 281 Å². The van der Waals surface area contributed by atoms with Gasteiger partial charge in [-0.15, -0.1) is 11.6 Å². The highest BCUT2D eigenvalue weighted by Gasteiger charge is 2.69. The minimum Gasteiger partial charge on any atom is -0.443 e. The van der Waals surface area contributed by atoms with Crippen LogP contribution in [-0.2, 0) is 39.7 Å². The maximum absolute atomic E-state index is 14.0. The van der Waals surface area contributed by atoms with E-state index in [1.54, 1.807) is 36.0 Å². The van der Waals surface area contributed by atoms with Crippen LogP contribution < -0.4 is 5.32 Å². The highest BCUT2D eigenvalue weighted by atomic mass is 35.5. The van der Waals surface area contributed by atoms with Crippen LogP contribution in [0.5, 0.6) is 0 Å². The van der Waals surface area contributed by atoms with Gasteiger partial charge in [0.15, 0.2) is 0 Å². The molecule has 46 heavy (non-hydrogen) atoms. The molecule has 0 aromatic heterocycles. The third kappa shape index (κ3) is 8.93. The van der Waals surface area contributed by atoms with Crippen LogP contribution in [0, 0.1) is 12.8 Å². The number of carbonyl (C=O) groups excluding carboxylic acids is 2. The normalized spacial score (nSPS) is 27.4. The number of benzene rings is 2. The van der Waals surface area contributed by atoms with Crippen LogP contribution in [0.15, 0.2) is 71.1 Å². The second-order valence-electron chi connectivity index (χ2n) is 12.4. The molecule has 2 amide bonds. The van der Waals surface area contributed by atoms with Gasteiger partial charge in [-0.25, -0.2) is 4.79 Å². The SMILES string of the molecule is COC1C(OC(=O)NC(=O)CCl)CCC(CSCCc2ccccc2)(OS(=O)(=O)c2ccc(C)cc2)C1C1(C)OC1CC=C(C)C. The Balaban J connectivity index is 1.72. The van der Waals surface area contributed by atoms with Crippen molar-refractivity contribution >= 4 is 45.5 Å². The van der Waals surface area contributed by atoms with Gasteiger partial charge in [0.1, 0.15) is 29.3 Å². The molecule has 12 heteroatoms. The minimum absolute atomic E-state index is 0.0553. The van der Waals surface area contributed by atoms with Crippen LogP contribution in [-0.4, -0.2) is 74.4 Å². The molecule has 2 aromatic rings. The van der Waals surface area contributed by atoms with E-state index < -0.39 is 57.3 Å². The third-order valence-electron chi connectivity index (χ3n) is 8.65. The first-order valence-electron chi connectivity index (χ1n) is 15.4. The van der Waals surface area contributed by atoms with Crippen LogP contribution in [0.3, 0.4) is 0 Å². The van der Waals surface area contributed by atoms with Gasteiger partial charge >= 0.3 is 6.09 Å². The Hall–Kier alpha value is -2.41. The Kier molecular flexibility index (Phi) is 12.4. The fraction of sp³-hybridized carbons (Fsp3) is 0.529. The quantitative estimate of drug-likeness (QED) is 0.0809. The number of rotatable bonds is 14. The van der Waals surface area contributed by atoms with Gasteiger partial charge in [0, 0.05) is 12.9 Å². The van der Waals surface area contributed by atoms with Gasteiger partial charge in [-0.1, -0.05) is 59.7 Å². The number of hydrogen-bond acceptors (Lipinski definition) is 9. The average Bonchev–Trinajstić information content (AvgIpc) is 3.69. The number of carbonyl (C=O) groups is 2. The summed E-state index contributed by atoms with van der Waals surface area (Å²) in [6.07, 6.45) is 1.15. The van der Waals surface area contributed by atoms with Gasteiger partial charge in [-0.05, 0) is 76.8 Å². The number of alkyl halides is 1. The number of imide groups is 1. The molecule has 6 atom stereocenters. The van der Waals surface area contributed by atoms with Crippen molar-refractivity contribution < 1.29 is 36.4 Å². The van der Waals surface area contributed by atoms with E-state index in [0.717, 1.165) is 23.3 Å². The van der Waals surface area contributed by atoms with E-state index in [1.165, 1.54) is 12.7 Å². The number of alkyl carbamates (subject to hydrolysis) is 1. The van der Waals surface area contributed by atoms with Gasteiger partial charge in [0.05, 0.1) is 16.9 Å². The fourth-order valence-corrected chi connectivity index (χ4v) is 8.94. The van der Waals surface area contributed by atoms with Gasteiger partial charge < -0.3 is 14.2 Å². The van der Waals surface area contributed by atoms with Crippen LogP contribution in [0.2, 0.25) is 0 Å². The van der Waals surface area contributed by atoms with Crippen LogP contribution >= 0.6 is 23.4 Å². The average molecular weight is 694 g/mol. The largest absolute Gasteiger partial charge is 0.443 e. The molecule has 2 aromatic carbocycles. The lowest BCUT2D eigenvalue weighted by Gasteiger charge is -2.50. The fourth-order valence-electron chi connectivity index (χ4n) is 6.30. The smallest absolute Gasteiger partial charge is 0.414 e.